The van der Waals surface area contributed by atoms with Crippen LogP contribution in [0.2, 0.25) is 0 Å². The van der Waals surface area contributed by atoms with Crippen molar-refractivity contribution in [3.05, 3.63) is 0 Å². The molecule has 0 aromatic carbocycles. The molecular weight excluding hydrogens is 207 g/mol. The minimum atomic E-state index is -1.13. The minimum absolute atomic E-state index is 0.162. The van der Waals surface area contributed by atoms with E-state index >= 15 is 0 Å². The van der Waals surface area contributed by atoms with Gasteiger partial charge in [0.15, 0.2) is 0 Å². The van der Waals surface area contributed by atoms with Crippen LogP contribution in [0.25, 0.3) is 0 Å². The Morgan fingerprint density at radius 2 is 2.29 bits per heavy atom. The SMILES string of the molecule is O=C1CSC(=O)N1[C@@H]1CCNC[C@H]1F. The van der Waals surface area contributed by atoms with Crippen molar-refractivity contribution < 1.29 is 14.0 Å². The smallest absolute Gasteiger partial charge is 0.289 e. The van der Waals surface area contributed by atoms with E-state index < -0.39 is 12.2 Å². The highest BCUT2D eigenvalue weighted by Gasteiger charge is 2.40. The number of imide groups is 1. The number of nitrogens with zero attached hydrogens (tertiary/aromatic N) is 1. The summed E-state index contributed by atoms with van der Waals surface area (Å²) in [6, 6.07) is -0.550. The number of halogens is 1. The van der Waals surface area contributed by atoms with E-state index in [0.29, 0.717) is 13.0 Å². The van der Waals surface area contributed by atoms with Crippen molar-refractivity contribution in [1.82, 2.24) is 10.2 Å². The number of thioether (sulfide) groups is 1. The zero-order valence-electron chi connectivity index (χ0n) is 7.53. The van der Waals surface area contributed by atoms with Gasteiger partial charge in [0.1, 0.15) is 6.17 Å². The van der Waals surface area contributed by atoms with E-state index in [-0.39, 0.29) is 23.4 Å². The first kappa shape index (κ1) is 9.92. The Balaban J connectivity index is 2.12. The second kappa shape index (κ2) is 3.86. The summed E-state index contributed by atoms with van der Waals surface area (Å²) in [7, 11) is 0. The summed E-state index contributed by atoms with van der Waals surface area (Å²) in [5.41, 5.74) is 0. The molecule has 2 heterocycles. The Labute approximate surface area is 85.2 Å². The number of carbonyl (C=O) groups excluding carboxylic acids is 2. The molecule has 2 atom stereocenters. The van der Waals surface area contributed by atoms with Gasteiger partial charge in [0.25, 0.3) is 5.24 Å². The predicted molar refractivity (Wildman–Crippen MR) is 50.9 cm³/mol. The van der Waals surface area contributed by atoms with Gasteiger partial charge in [0.2, 0.25) is 5.91 Å². The van der Waals surface area contributed by atoms with Crippen molar-refractivity contribution in [2.75, 3.05) is 18.8 Å². The number of hydrogen-bond donors (Lipinski definition) is 1. The molecule has 0 spiro atoms. The summed E-state index contributed by atoms with van der Waals surface area (Å²) < 4.78 is 13.4. The second-order valence-corrected chi connectivity index (χ2v) is 4.32. The molecule has 2 aliphatic heterocycles. The molecule has 2 fully saturated rings. The molecule has 0 saturated carbocycles. The highest BCUT2D eigenvalue weighted by Crippen LogP contribution is 2.26. The van der Waals surface area contributed by atoms with Gasteiger partial charge < -0.3 is 5.32 Å². The van der Waals surface area contributed by atoms with Crippen molar-refractivity contribution >= 4 is 22.9 Å². The molecule has 6 heteroatoms. The first-order chi connectivity index (χ1) is 6.70. The summed E-state index contributed by atoms with van der Waals surface area (Å²) in [5.74, 6) is -0.0929. The number of nitrogens with one attached hydrogen (secondary N) is 1. The summed E-state index contributed by atoms with van der Waals surface area (Å²) in [6.07, 6.45) is -0.616. The molecule has 0 unspecified atom stereocenters. The van der Waals surface area contributed by atoms with Crippen LogP contribution in [0.1, 0.15) is 6.42 Å². The van der Waals surface area contributed by atoms with Crippen LogP contribution in [0, 0.1) is 0 Å². The van der Waals surface area contributed by atoms with Crippen LogP contribution in [0.15, 0.2) is 0 Å². The lowest BCUT2D eigenvalue weighted by Gasteiger charge is -2.32. The third kappa shape index (κ3) is 1.64. The Bertz CT molecular complexity index is 258. The van der Waals surface area contributed by atoms with Crippen molar-refractivity contribution in [3.8, 4) is 0 Å². The predicted octanol–water partition coefficient (Wildman–Crippen LogP) is 0.382. The van der Waals surface area contributed by atoms with Gasteiger partial charge in [0, 0.05) is 6.54 Å². The average Bonchev–Trinajstić information content (AvgIpc) is 2.48. The highest BCUT2D eigenvalue weighted by atomic mass is 32.2. The molecule has 0 aliphatic carbocycles. The Kier molecular flexibility index (Phi) is 2.73. The van der Waals surface area contributed by atoms with Crippen LogP contribution in [-0.2, 0) is 4.79 Å². The normalized spacial score (nSPS) is 33.9. The van der Waals surface area contributed by atoms with E-state index in [1.165, 1.54) is 0 Å². The fourth-order valence-electron chi connectivity index (χ4n) is 1.78. The van der Waals surface area contributed by atoms with Crippen LogP contribution < -0.4 is 5.32 Å². The van der Waals surface area contributed by atoms with Gasteiger partial charge in [-0.2, -0.15) is 0 Å². The third-order valence-electron chi connectivity index (χ3n) is 2.49. The molecule has 4 nitrogen and oxygen atoms in total. The molecule has 2 amide bonds. The largest absolute Gasteiger partial charge is 0.314 e. The fourth-order valence-corrected chi connectivity index (χ4v) is 2.54. The summed E-state index contributed by atoms with van der Waals surface area (Å²) >= 11 is 0.960. The fraction of sp³-hybridized carbons (Fsp3) is 0.750. The van der Waals surface area contributed by atoms with Crippen LogP contribution in [0.3, 0.4) is 0 Å². The van der Waals surface area contributed by atoms with Crippen molar-refractivity contribution in [1.29, 1.82) is 0 Å². The molecule has 2 aliphatic rings. The van der Waals surface area contributed by atoms with E-state index in [1.807, 2.05) is 0 Å². The maximum absolute atomic E-state index is 13.4. The molecule has 2 rings (SSSR count). The first-order valence-electron chi connectivity index (χ1n) is 4.54. The van der Waals surface area contributed by atoms with Gasteiger partial charge in [-0.3, -0.25) is 14.5 Å². The van der Waals surface area contributed by atoms with E-state index in [2.05, 4.69) is 5.32 Å². The molecular formula is C8H11FN2O2S. The number of hydrogen-bond acceptors (Lipinski definition) is 4. The van der Waals surface area contributed by atoms with Crippen LogP contribution >= 0.6 is 11.8 Å². The monoisotopic (exact) mass is 218 g/mol. The Morgan fingerprint density at radius 3 is 2.86 bits per heavy atom. The Morgan fingerprint density at radius 1 is 1.50 bits per heavy atom. The standard InChI is InChI=1S/C8H11FN2O2S/c9-5-3-10-2-1-6(5)11-7(12)4-14-8(11)13/h5-6,10H,1-4H2/t5-,6-/m1/s1. The van der Waals surface area contributed by atoms with E-state index in [4.69, 9.17) is 0 Å². The Hall–Kier alpha value is -0.620. The van der Waals surface area contributed by atoms with Crippen LogP contribution in [0.5, 0.6) is 0 Å². The topological polar surface area (TPSA) is 49.4 Å². The van der Waals surface area contributed by atoms with E-state index in [9.17, 15) is 14.0 Å². The van der Waals surface area contributed by atoms with Crippen molar-refractivity contribution in [2.24, 2.45) is 0 Å². The van der Waals surface area contributed by atoms with Gasteiger partial charge in [-0.05, 0) is 13.0 Å². The number of rotatable bonds is 1. The molecule has 0 aromatic heterocycles. The van der Waals surface area contributed by atoms with Gasteiger partial charge in [-0.15, -0.1) is 0 Å². The second-order valence-electron chi connectivity index (χ2n) is 3.39. The van der Waals surface area contributed by atoms with E-state index in [1.54, 1.807) is 0 Å². The highest BCUT2D eigenvalue weighted by molar-refractivity contribution is 8.14. The van der Waals surface area contributed by atoms with Crippen LogP contribution in [0.4, 0.5) is 9.18 Å². The summed E-state index contributed by atoms with van der Waals surface area (Å²) in [4.78, 5) is 23.7. The first-order valence-corrected chi connectivity index (χ1v) is 5.52. The quantitative estimate of drug-likeness (QED) is 0.691. The average molecular weight is 218 g/mol. The molecule has 1 N–H and O–H groups in total. The lowest BCUT2D eigenvalue weighted by Crippen LogP contribution is -2.52. The molecule has 0 bridgehead atoms. The zero-order chi connectivity index (χ0) is 10.1. The molecule has 78 valence electrons. The van der Waals surface area contributed by atoms with Gasteiger partial charge >= 0.3 is 0 Å². The molecule has 2 saturated heterocycles. The maximum atomic E-state index is 13.4. The zero-order valence-corrected chi connectivity index (χ0v) is 8.35. The molecule has 14 heavy (non-hydrogen) atoms. The number of alkyl halides is 1. The van der Waals surface area contributed by atoms with Crippen LogP contribution in [-0.4, -0.2) is 47.1 Å². The lowest BCUT2D eigenvalue weighted by molar-refractivity contribution is -0.127. The molecule has 0 aromatic rings. The van der Waals surface area contributed by atoms with Crippen molar-refractivity contribution in [3.63, 3.8) is 0 Å². The summed E-state index contributed by atoms with van der Waals surface area (Å²) in [6.45, 7) is 0.888. The number of piperidine rings is 1. The van der Waals surface area contributed by atoms with Gasteiger partial charge in [-0.25, -0.2) is 4.39 Å². The minimum Gasteiger partial charge on any atom is -0.314 e. The van der Waals surface area contributed by atoms with Gasteiger partial charge in [0.05, 0.1) is 11.8 Å². The lowest BCUT2D eigenvalue weighted by atomic mass is 10.0. The number of carbonyl (C=O) groups is 2. The summed E-state index contributed by atoms with van der Waals surface area (Å²) in [5, 5.41) is 2.59. The third-order valence-corrected chi connectivity index (χ3v) is 3.32. The number of amides is 2. The van der Waals surface area contributed by atoms with E-state index in [0.717, 1.165) is 16.7 Å². The van der Waals surface area contributed by atoms with Gasteiger partial charge in [-0.1, -0.05) is 11.8 Å². The molecule has 0 radical (unpaired) electrons. The van der Waals surface area contributed by atoms with Crippen molar-refractivity contribution in [2.45, 2.75) is 18.6 Å². The maximum Gasteiger partial charge on any atom is 0.289 e.